The number of carbonyl (C=O) groups excluding carboxylic acids is 2. The standard InChI is InChI=1S/C41H32O4/c1-25(2)39(42)44-32-18-14-30(15-19-32)41(31-16-20-33(21-17-31)45-40(43)26(3)4)36-22-13-27-9-7-8-12-34(27)38(36)35-23-28-10-5-6-11-29(28)24-37(35)41/h5-20,22-24,33H,1,3,21H2,2,4H3/t33-,41?/m0/s1. The maximum Gasteiger partial charge on any atom is 0.338 e. The average Bonchev–Trinajstić information content (AvgIpc) is 3.34. The van der Waals surface area contributed by atoms with Gasteiger partial charge < -0.3 is 9.47 Å². The van der Waals surface area contributed by atoms with Crippen LogP contribution in [0.5, 0.6) is 5.75 Å². The number of fused-ring (bicyclic) bond motifs is 6. The van der Waals surface area contributed by atoms with E-state index in [9.17, 15) is 9.59 Å². The quantitative estimate of drug-likeness (QED) is 0.113. The highest BCUT2D eigenvalue weighted by atomic mass is 16.5. The van der Waals surface area contributed by atoms with Gasteiger partial charge in [0.2, 0.25) is 0 Å². The Morgan fingerprint density at radius 2 is 1.42 bits per heavy atom. The van der Waals surface area contributed by atoms with Crippen LogP contribution in [0.1, 0.15) is 37.0 Å². The van der Waals surface area contributed by atoms with Gasteiger partial charge in [0.05, 0.1) is 5.41 Å². The zero-order valence-electron chi connectivity index (χ0n) is 25.3. The van der Waals surface area contributed by atoms with Gasteiger partial charge in [-0.3, -0.25) is 0 Å². The van der Waals surface area contributed by atoms with Crippen molar-refractivity contribution >= 4 is 33.5 Å². The summed E-state index contributed by atoms with van der Waals surface area (Å²) in [5.41, 5.74) is 6.89. The van der Waals surface area contributed by atoms with Gasteiger partial charge in [0.15, 0.2) is 0 Å². The fraction of sp³-hybridized carbons (Fsp3) is 0.122. The first-order valence-electron chi connectivity index (χ1n) is 15.1. The highest BCUT2D eigenvalue weighted by Gasteiger charge is 2.48. The van der Waals surface area contributed by atoms with Crippen LogP contribution in [0.25, 0.3) is 32.7 Å². The van der Waals surface area contributed by atoms with Crippen LogP contribution >= 0.6 is 0 Å². The Balaban J connectivity index is 1.49. The Bertz CT molecular complexity index is 2130. The van der Waals surface area contributed by atoms with Crippen LogP contribution in [-0.4, -0.2) is 18.0 Å². The van der Waals surface area contributed by atoms with Crippen LogP contribution in [0.3, 0.4) is 0 Å². The second-order valence-corrected chi connectivity index (χ2v) is 11.9. The molecule has 0 bridgehead atoms. The Morgan fingerprint density at radius 3 is 2.09 bits per heavy atom. The van der Waals surface area contributed by atoms with Crippen LogP contribution in [0, 0.1) is 0 Å². The molecular formula is C41H32O4. The molecule has 0 aliphatic heterocycles. The van der Waals surface area contributed by atoms with Crippen molar-refractivity contribution < 1.29 is 19.1 Å². The van der Waals surface area contributed by atoms with Gasteiger partial charge in [-0.05, 0) is 99.1 Å². The largest absolute Gasteiger partial charge is 0.454 e. The van der Waals surface area contributed by atoms with E-state index in [1.807, 2.05) is 30.3 Å². The van der Waals surface area contributed by atoms with Crippen molar-refractivity contribution in [2.24, 2.45) is 0 Å². The highest BCUT2D eigenvalue weighted by Crippen LogP contribution is 2.59. The van der Waals surface area contributed by atoms with E-state index in [1.165, 1.54) is 38.4 Å². The highest BCUT2D eigenvalue weighted by molar-refractivity contribution is 6.06. The smallest absolute Gasteiger partial charge is 0.338 e. The lowest BCUT2D eigenvalue weighted by Gasteiger charge is -2.36. The molecule has 0 spiro atoms. The van der Waals surface area contributed by atoms with Crippen molar-refractivity contribution in [1.82, 2.24) is 0 Å². The summed E-state index contributed by atoms with van der Waals surface area (Å²) in [6.07, 6.45) is 6.41. The van der Waals surface area contributed by atoms with Gasteiger partial charge in [-0.1, -0.05) is 98.1 Å². The molecule has 2 aliphatic carbocycles. The van der Waals surface area contributed by atoms with Crippen molar-refractivity contribution in [1.29, 1.82) is 0 Å². The second kappa shape index (κ2) is 10.9. The summed E-state index contributed by atoms with van der Waals surface area (Å²) in [4.78, 5) is 24.7. The van der Waals surface area contributed by atoms with E-state index in [0.717, 1.165) is 16.5 Å². The summed E-state index contributed by atoms with van der Waals surface area (Å²) in [6, 6.07) is 33.8. The second-order valence-electron chi connectivity index (χ2n) is 11.9. The van der Waals surface area contributed by atoms with Crippen LogP contribution in [0.15, 0.2) is 145 Å². The zero-order valence-corrected chi connectivity index (χ0v) is 25.3. The van der Waals surface area contributed by atoms with Crippen molar-refractivity contribution in [3.63, 3.8) is 0 Å². The molecule has 2 aliphatic rings. The zero-order chi connectivity index (χ0) is 31.3. The molecule has 5 aromatic carbocycles. The summed E-state index contributed by atoms with van der Waals surface area (Å²) in [7, 11) is 0. The maximum atomic E-state index is 12.3. The maximum absolute atomic E-state index is 12.3. The molecule has 0 saturated heterocycles. The van der Waals surface area contributed by atoms with Crippen molar-refractivity contribution in [3.8, 4) is 16.9 Å². The lowest BCUT2D eigenvalue weighted by atomic mass is 9.66. The Kier molecular flexibility index (Phi) is 6.86. The molecule has 0 fully saturated rings. The van der Waals surface area contributed by atoms with Gasteiger partial charge >= 0.3 is 11.9 Å². The molecule has 2 atom stereocenters. The van der Waals surface area contributed by atoms with Crippen molar-refractivity contribution in [2.45, 2.75) is 31.8 Å². The minimum Gasteiger partial charge on any atom is -0.454 e. The molecule has 7 rings (SSSR count). The van der Waals surface area contributed by atoms with Crippen molar-refractivity contribution in [2.75, 3.05) is 0 Å². The van der Waals surface area contributed by atoms with Crippen LogP contribution < -0.4 is 4.74 Å². The molecule has 0 radical (unpaired) electrons. The van der Waals surface area contributed by atoms with E-state index in [2.05, 4.69) is 98.1 Å². The van der Waals surface area contributed by atoms with E-state index in [-0.39, 0.29) is 6.10 Å². The minimum absolute atomic E-state index is 0.340. The molecule has 0 aromatic heterocycles. The number of carbonyl (C=O) groups is 2. The Labute approximate surface area is 262 Å². The Morgan fingerprint density at radius 1 is 0.756 bits per heavy atom. The lowest BCUT2D eigenvalue weighted by molar-refractivity contribution is -0.142. The summed E-state index contributed by atoms with van der Waals surface area (Å²) >= 11 is 0. The SMILES string of the molecule is C=C(C)C(=O)Oc1ccc(C2(C3=CC[C@@H](OC(=O)C(=C)C)C=C3)c3cc4ccccc4cc3-c3c2ccc2ccccc32)cc1. The topological polar surface area (TPSA) is 52.6 Å². The van der Waals surface area contributed by atoms with Gasteiger partial charge in [0.1, 0.15) is 11.9 Å². The Hall–Kier alpha value is -5.48. The first-order chi connectivity index (χ1) is 21.8. The van der Waals surface area contributed by atoms with Crippen LogP contribution in [-0.2, 0) is 19.7 Å². The lowest BCUT2D eigenvalue weighted by Crippen LogP contribution is -2.31. The monoisotopic (exact) mass is 588 g/mol. The molecule has 45 heavy (non-hydrogen) atoms. The van der Waals surface area contributed by atoms with E-state index in [4.69, 9.17) is 9.47 Å². The number of ether oxygens (including phenoxy) is 2. The molecule has 5 aromatic rings. The molecule has 0 N–H and O–H groups in total. The molecule has 0 saturated carbocycles. The molecular weight excluding hydrogens is 556 g/mol. The molecule has 4 heteroatoms. The van der Waals surface area contributed by atoms with Gasteiger partial charge in [0.25, 0.3) is 0 Å². The molecule has 220 valence electrons. The molecule has 4 nitrogen and oxygen atoms in total. The number of benzene rings is 5. The predicted molar refractivity (Wildman–Crippen MR) is 180 cm³/mol. The first kappa shape index (κ1) is 28.3. The average molecular weight is 589 g/mol. The van der Waals surface area contributed by atoms with Crippen LogP contribution in [0.4, 0.5) is 0 Å². The number of rotatable bonds is 6. The first-order valence-corrected chi connectivity index (χ1v) is 15.1. The van der Waals surface area contributed by atoms with E-state index >= 15 is 0 Å². The number of hydrogen-bond acceptors (Lipinski definition) is 4. The number of esters is 2. The predicted octanol–water partition coefficient (Wildman–Crippen LogP) is 9.16. The third-order valence-corrected chi connectivity index (χ3v) is 8.84. The summed E-state index contributed by atoms with van der Waals surface area (Å²) in [6.45, 7) is 10.7. The number of hydrogen-bond donors (Lipinski definition) is 0. The van der Waals surface area contributed by atoms with Crippen molar-refractivity contribution in [3.05, 3.63) is 162 Å². The third kappa shape index (κ3) is 4.61. The molecule has 0 heterocycles. The van der Waals surface area contributed by atoms with E-state index < -0.39 is 17.4 Å². The van der Waals surface area contributed by atoms with Gasteiger partial charge in [-0.2, -0.15) is 0 Å². The minimum atomic E-state index is -0.685. The van der Waals surface area contributed by atoms with Gasteiger partial charge in [0, 0.05) is 17.6 Å². The fourth-order valence-corrected chi connectivity index (χ4v) is 6.74. The van der Waals surface area contributed by atoms with E-state index in [1.54, 1.807) is 13.8 Å². The molecule has 1 unspecified atom stereocenters. The summed E-state index contributed by atoms with van der Waals surface area (Å²) < 4.78 is 11.3. The summed E-state index contributed by atoms with van der Waals surface area (Å²) in [5, 5.41) is 4.69. The normalized spacial score (nSPS) is 18.2. The van der Waals surface area contributed by atoms with Crippen LogP contribution in [0.2, 0.25) is 0 Å². The number of allylic oxidation sites excluding steroid dienone is 2. The molecule has 0 amide bonds. The third-order valence-electron chi connectivity index (χ3n) is 8.84. The van der Waals surface area contributed by atoms with Gasteiger partial charge in [-0.25, -0.2) is 9.59 Å². The van der Waals surface area contributed by atoms with E-state index in [0.29, 0.717) is 23.3 Å². The fourth-order valence-electron chi connectivity index (χ4n) is 6.74. The van der Waals surface area contributed by atoms with Gasteiger partial charge in [-0.15, -0.1) is 0 Å². The summed E-state index contributed by atoms with van der Waals surface area (Å²) in [5.74, 6) is -0.400.